The average Bonchev–Trinajstić information content (AvgIpc) is 2.16. The topological polar surface area (TPSA) is 35.8 Å². The Kier molecular flexibility index (Phi) is 3.64. The first-order valence-electron chi connectivity index (χ1n) is 4.18. The van der Waals surface area contributed by atoms with Gasteiger partial charge < -0.3 is 0 Å². The summed E-state index contributed by atoms with van der Waals surface area (Å²) in [5.74, 6) is 2.11. The smallest absolute Gasteiger partial charge is 0.116 e. The lowest BCUT2D eigenvalue weighted by Gasteiger charge is -2.30. The van der Waals surface area contributed by atoms with Gasteiger partial charge >= 0.3 is 0 Å². The van der Waals surface area contributed by atoms with E-state index in [1.165, 1.54) is 5.75 Å². The number of hydrogen-bond acceptors (Lipinski definition) is 3. The van der Waals surface area contributed by atoms with E-state index in [2.05, 4.69) is 18.0 Å². The van der Waals surface area contributed by atoms with Crippen LogP contribution >= 0.6 is 11.8 Å². The van der Waals surface area contributed by atoms with Gasteiger partial charge in [0.25, 0.3) is 0 Å². The summed E-state index contributed by atoms with van der Waals surface area (Å²) in [5, 5.41) is 12.2. The molecule has 1 N–H and O–H groups in total. The molecule has 0 aromatic carbocycles. The van der Waals surface area contributed by atoms with Crippen molar-refractivity contribution in [2.45, 2.75) is 18.4 Å². The molecule has 2 nitrogen and oxygen atoms in total. The second kappa shape index (κ2) is 4.54. The largest absolute Gasteiger partial charge is 0.295 e. The van der Waals surface area contributed by atoms with Gasteiger partial charge in [0.2, 0.25) is 0 Å². The van der Waals surface area contributed by atoms with Crippen molar-refractivity contribution < 1.29 is 0 Å². The van der Waals surface area contributed by atoms with E-state index in [1.54, 1.807) is 6.08 Å². The van der Waals surface area contributed by atoms with Crippen molar-refractivity contribution in [3.8, 4) is 6.07 Å². The molecule has 1 saturated heterocycles. The number of rotatable bonds is 3. The molecule has 1 atom stereocenters. The minimum atomic E-state index is -0.281. The molecule has 1 rings (SSSR count). The zero-order valence-corrected chi connectivity index (χ0v) is 7.99. The van der Waals surface area contributed by atoms with E-state index in [1.807, 2.05) is 11.8 Å². The zero-order chi connectivity index (χ0) is 8.86. The predicted octanol–water partition coefficient (Wildman–Crippen LogP) is 1.55. The number of nitrogens with one attached hydrogen (secondary N) is 1. The summed E-state index contributed by atoms with van der Waals surface area (Å²) in [4.78, 5) is 0. The van der Waals surface area contributed by atoms with Crippen LogP contribution in [-0.2, 0) is 0 Å². The fraction of sp³-hybridized carbons (Fsp3) is 0.667. The Morgan fingerprint density at radius 3 is 3.08 bits per heavy atom. The molecule has 3 heteroatoms. The van der Waals surface area contributed by atoms with Crippen LogP contribution in [0.15, 0.2) is 12.7 Å². The molecule has 0 bridgehead atoms. The maximum atomic E-state index is 9.01. The van der Waals surface area contributed by atoms with E-state index in [0.717, 1.165) is 25.1 Å². The summed E-state index contributed by atoms with van der Waals surface area (Å²) in [6.07, 6.45) is 3.92. The van der Waals surface area contributed by atoms with Gasteiger partial charge in [-0.15, -0.1) is 6.58 Å². The lowest BCUT2D eigenvalue weighted by molar-refractivity contribution is 0.434. The second-order valence-corrected chi connectivity index (χ2v) is 4.12. The quantitative estimate of drug-likeness (QED) is 0.673. The molecule has 0 saturated carbocycles. The maximum Gasteiger partial charge on any atom is 0.116 e. The molecule has 0 aliphatic carbocycles. The molecule has 1 heterocycles. The van der Waals surface area contributed by atoms with Crippen molar-refractivity contribution in [2.24, 2.45) is 0 Å². The second-order valence-electron chi connectivity index (χ2n) is 3.02. The van der Waals surface area contributed by atoms with Gasteiger partial charge in [-0.1, -0.05) is 6.08 Å². The Morgan fingerprint density at radius 2 is 2.58 bits per heavy atom. The normalized spacial score (nSPS) is 29.2. The van der Waals surface area contributed by atoms with E-state index >= 15 is 0 Å². The molecule has 1 aliphatic rings. The van der Waals surface area contributed by atoms with Crippen LogP contribution in [0.5, 0.6) is 0 Å². The summed E-state index contributed by atoms with van der Waals surface area (Å²) in [7, 11) is 0. The summed E-state index contributed by atoms with van der Waals surface area (Å²) in [6.45, 7) is 4.36. The average molecular weight is 182 g/mol. The lowest BCUT2D eigenvalue weighted by Crippen LogP contribution is -2.48. The Morgan fingerprint density at radius 1 is 1.75 bits per heavy atom. The Labute approximate surface area is 78.0 Å². The highest BCUT2D eigenvalue weighted by atomic mass is 32.2. The highest BCUT2D eigenvalue weighted by Crippen LogP contribution is 2.25. The Balaban J connectivity index is 2.49. The molecular formula is C9H14N2S. The molecule has 0 spiro atoms. The minimum Gasteiger partial charge on any atom is -0.295 e. The monoisotopic (exact) mass is 182 g/mol. The van der Waals surface area contributed by atoms with Crippen LogP contribution in [0.2, 0.25) is 0 Å². The van der Waals surface area contributed by atoms with Crippen LogP contribution in [-0.4, -0.2) is 23.6 Å². The first-order chi connectivity index (χ1) is 5.83. The first-order valence-corrected chi connectivity index (χ1v) is 5.33. The predicted molar refractivity (Wildman–Crippen MR) is 53.1 cm³/mol. The number of thioether (sulfide) groups is 1. The van der Waals surface area contributed by atoms with Crippen molar-refractivity contribution >= 4 is 11.8 Å². The van der Waals surface area contributed by atoms with Gasteiger partial charge in [-0.3, -0.25) is 5.32 Å². The molecule has 1 fully saturated rings. The van der Waals surface area contributed by atoms with E-state index in [0.29, 0.717) is 0 Å². The molecule has 1 aliphatic heterocycles. The van der Waals surface area contributed by atoms with Gasteiger partial charge in [0.15, 0.2) is 0 Å². The molecule has 12 heavy (non-hydrogen) atoms. The molecule has 0 aromatic rings. The summed E-state index contributed by atoms with van der Waals surface area (Å²) < 4.78 is 0. The van der Waals surface area contributed by atoms with Crippen molar-refractivity contribution in [3.63, 3.8) is 0 Å². The van der Waals surface area contributed by atoms with Gasteiger partial charge in [-0.05, 0) is 18.6 Å². The summed E-state index contributed by atoms with van der Waals surface area (Å²) in [6, 6.07) is 2.37. The molecule has 0 amide bonds. The van der Waals surface area contributed by atoms with Crippen LogP contribution in [0.3, 0.4) is 0 Å². The first kappa shape index (κ1) is 9.63. The van der Waals surface area contributed by atoms with Crippen molar-refractivity contribution in [1.29, 1.82) is 5.26 Å². The van der Waals surface area contributed by atoms with Crippen molar-refractivity contribution in [1.82, 2.24) is 5.32 Å². The van der Waals surface area contributed by atoms with Crippen molar-refractivity contribution in [3.05, 3.63) is 12.7 Å². The number of nitriles is 1. The van der Waals surface area contributed by atoms with Crippen molar-refractivity contribution in [2.75, 3.05) is 18.1 Å². The summed E-state index contributed by atoms with van der Waals surface area (Å²) in [5.41, 5.74) is -0.281. The lowest BCUT2D eigenvalue weighted by atomic mass is 9.97. The fourth-order valence-corrected chi connectivity index (χ4v) is 2.48. The minimum absolute atomic E-state index is 0.281. The molecular weight excluding hydrogens is 168 g/mol. The molecule has 66 valence electrons. The fourth-order valence-electron chi connectivity index (χ4n) is 1.33. The number of nitrogens with zero attached hydrogens (tertiary/aromatic N) is 1. The van der Waals surface area contributed by atoms with E-state index in [4.69, 9.17) is 5.26 Å². The molecule has 0 radical (unpaired) electrons. The van der Waals surface area contributed by atoms with Crippen LogP contribution in [0.1, 0.15) is 12.8 Å². The van der Waals surface area contributed by atoms with Gasteiger partial charge in [0, 0.05) is 12.3 Å². The van der Waals surface area contributed by atoms with E-state index < -0.39 is 0 Å². The molecule has 1 unspecified atom stereocenters. The maximum absolute atomic E-state index is 9.01. The standard InChI is InChI=1S/C9H14N2S/c1-2-5-11-9(7-10)4-3-6-12-8-9/h2,11H,1,3-6,8H2. The third-order valence-corrected chi connectivity index (χ3v) is 3.31. The van der Waals surface area contributed by atoms with Crippen LogP contribution in [0.4, 0.5) is 0 Å². The Hall–Kier alpha value is -0.460. The molecule has 0 aromatic heterocycles. The van der Waals surface area contributed by atoms with Crippen LogP contribution in [0, 0.1) is 11.3 Å². The number of hydrogen-bond donors (Lipinski definition) is 1. The summed E-state index contributed by atoms with van der Waals surface area (Å²) >= 11 is 1.86. The highest BCUT2D eigenvalue weighted by molar-refractivity contribution is 7.99. The van der Waals surface area contributed by atoms with Gasteiger partial charge in [0.1, 0.15) is 5.54 Å². The van der Waals surface area contributed by atoms with Gasteiger partial charge in [-0.2, -0.15) is 17.0 Å². The van der Waals surface area contributed by atoms with Crippen LogP contribution in [0.25, 0.3) is 0 Å². The van der Waals surface area contributed by atoms with Gasteiger partial charge in [0.05, 0.1) is 6.07 Å². The Bertz CT molecular complexity index is 189. The van der Waals surface area contributed by atoms with Gasteiger partial charge in [-0.25, -0.2) is 0 Å². The van der Waals surface area contributed by atoms with E-state index in [9.17, 15) is 0 Å². The zero-order valence-electron chi connectivity index (χ0n) is 7.18. The third-order valence-electron chi connectivity index (χ3n) is 2.04. The SMILES string of the molecule is C=CCNC1(C#N)CCCSC1. The highest BCUT2D eigenvalue weighted by Gasteiger charge is 2.31. The third kappa shape index (κ3) is 2.26. The van der Waals surface area contributed by atoms with Crippen LogP contribution < -0.4 is 5.32 Å². The van der Waals surface area contributed by atoms with E-state index in [-0.39, 0.29) is 5.54 Å².